The van der Waals surface area contributed by atoms with Crippen molar-refractivity contribution in [3.63, 3.8) is 0 Å². The largest absolute Gasteiger partial charge is 0.494 e. The van der Waals surface area contributed by atoms with Crippen LogP contribution in [0.25, 0.3) is 0 Å². The third-order valence-corrected chi connectivity index (χ3v) is 3.50. The van der Waals surface area contributed by atoms with Crippen molar-refractivity contribution in [2.45, 2.75) is 26.7 Å². The van der Waals surface area contributed by atoms with Gasteiger partial charge in [0.1, 0.15) is 5.75 Å². The maximum absolute atomic E-state index is 11.9. The Bertz CT molecular complexity index is 744. The lowest BCUT2D eigenvalue weighted by atomic mass is 10.1. The summed E-state index contributed by atoms with van der Waals surface area (Å²) in [5.74, 6) is 0.654. The quantitative estimate of drug-likeness (QED) is 0.473. The molecule has 0 atom stereocenters. The minimum absolute atomic E-state index is 0.0112. The van der Waals surface area contributed by atoms with Crippen LogP contribution in [-0.2, 0) is 4.79 Å². The van der Waals surface area contributed by atoms with Gasteiger partial charge in [-0.15, -0.1) is 0 Å². The second-order valence-corrected chi connectivity index (χ2v) is 5.57. The number of carbonyl (C=O) groups excluding carboxylic acids is 1. The van der Waals surface area contributed by atoms with Gasteiger partial charge >= 0.3 is 0 Å². The molecule has 126 valence electrons. The summed E-state index contributed by atoms with van der Waals surface area (Å²) in [5.41, 5.74) is 2.38. The molecular weight excluding hydrogens is 308 g/mol. The molecule has 0 radical (unpaired) electrons. The van der Waals surface area contributed by atoms with Crippen LogP contribution >= 0.6 is 0 Å². The van der Waals surface area contributed by atoms with Gasteiger partial charge in [0, 0.05) is 24.2 Å². The molecule has 2 aromatic carbocycles. The zero-order valence-corrected chi connectivity index (χ0v) is 13.7. The Labute approximate surface area is 140 Å². The van der Waals surface area contributed by atoms with Crippen molar-refractivity contribution in [3.8, 4) is 5.75 Å². The molecular formula is C18H20N2O4. The summed E-state index contributed by atoms with van der Waals surface area (Å²) in [6.45, 7) is 4.17. The normalized spacial score (nSPS) is 10.2. The SMILES string of the molecule is Cc1cccc(OCCCC(=O)Nc2ccc([N+](=O)[O-])cc2C)c1. The molecule has 0 fully saturated rings. The highest BCUT2D eigenvalue weighted by Gasteiger charge is 2.10. The highest BCUT2D eigenvalue weighted by Crippen LogP contribution is 2.21. The molecule has 0 spiro atoms. The van der Waals surface area contributed by atoms with Crippen LogP contribution in [0.4, 0.5) is 11.4 Å². The predicted octanol–water partition coefficient (Wildman–Crippen LogP) is 4.01. The highest BCUT2D eigenvalue weighted by atomic mass is 16.6. The number of amides is 1. The summed E-state index contributed by atoms with van der Waals surface area (Å²) < 4.78 is 5.60. The van der Waals surface area contributed by atoms with Gasteiger partial charge in [0.15, 0.2) is 0 Å². The lowest BCUT2D eigenvalue weighted by Crippen LogP contribution is -2.13. The number of non-ortho nitro benzene ring substituents is 1. The molecule has 24 heavy (non-hydrogen) atoms. The van der Waals surface area contributed by atoms with Crippen LogP contribution in [0.15, 0.2) is 42.5 Å². The van der Waals surface area contributed by atoms with E-state index in [1.54, 1.807) is 13.0 Å². The Hall–Kier alpha value is -2.89. The van der Waals surface area contributed by atoms with Crippen LogP contribution in [0.1, 0.15) is 24.0 Å². The van der Waals surface area contributed by atoms with Gasteiger partial charge in [0.2, 0.25) is 5.91 Å². The second kappa shape index (κ2) is 8.10. The van der Waals surface area contributed by atoms with Crippen molar-refractivity contribution >= 4 is 17.3 Å². The molecule has 1 N–H and O–H groups in total. The standard InChI is InChI=1S/C18H20N2O4/c1-13-5-3-6-16(11-13)24-10-4-7-18(21)19-17-9-8-15(20(22)23)12-14(17)2/h3,5-6,8-9,11-12H,4,7,10H2,1-2H3,(H,19,21). The first-order valence-electron chi connectivity index (χ1n) is 7.70. The van der Waals surface area contributed by atoms with Crippen molar-refractivity contribution < 1.29 is 14.5 Å². The van der Waals surface area contributed by atoms with E-state index in [1.165, 1.54) is 12.1 Å². The van der Waals surface area contributed by atoms with Crippen molar-refractivity contribution in [2.75, 3.05) is 11.9 Å². The number of anilines is 1. The van der Waals surface area contributed by atoms with Gasteiger partial charge in [-0.2, -0.15) is 0 Å². The maximum atomic E-state index is 11.9. The number of rotatable bonds is 7. The van der Waals surface area contributed by atoms with Crippen LogP contribution < -0.4 is 10.1 Å². The number of hydrogen-bond acceptors (Lipinski definition) is 4. The average Bonchev–Trinajstić information content (AvgIpc) is 2.53. The van der Waals surface area contributed by atoms with Crippen molar-refractivity contribution in [2.24, 2.45) is 0 Å². The predicted molar refractivity (Wildman–Crippen MR) is 92.4 cm³/mol. The van der Waals surface area contributed by atoms with Gasteiger partial charge in [-0.3, -0.25) is 14.9 Å². The van der Waals surface area contributed by atoms with Crippen LogP contribution in [0.2, 0.25) is 0 Å². The van der Waals surface area contributed by atoms with E-state index < -0.39 is 4.92 Å². The monoisotopic (exact) mass is 328 g/mol. The van der Waals surface area contributed by atoms with Crippen LogP contribution in [0.3, 0.4) is 0 Å². The molecule has 0 aliphatic heterocycles. The zero-order chi connectivity index (χ0) is 17.5. The molecule has 0 aliphatic carbocycles. The highest BCUT2D eigenvalue weighted by molar-refractivity contribution is 5.91. The molecule has 2 aromatic rings. The number of nitro groups is 1. The first kappa shape index (κ1) is 17.5. The van der Waals surface area contributed by atoms with Gasteiger partial charge in [-0.25, -0.2) is 0 Å². The summed E-state index contributed by atoms with van der Waals surface area (Å²) in [4.78, 5) is 22.2. The van der Waals surface area contributed by atoms with E-state index in [4.69, 9.17) is 4.74 Å². The van der Waals surface area contributed by atoms with E-state index in [1.807, 2.05) is 31.2 Å². The Kier molecular flexibility index (Phi) is 5.89. The van der Waals surface area contributed by atoms with Crippen LogP contribution in [-0.4, -0.2) is 17.4 Å². The fourth-order valence-corrected chi connectivity index (χ4v) is 2.24. The van der Waals surface area contributed by atoms with Crippen molar-refractivity contribution in [1.29, 1.82) is 0 Å². The van der Waals surface area contributed by atoms with E-state index in [-0.39, 0.29) is 11.6 Å². The topological polar surface area (TPSA) is 81.5 Å². The van der Waals surface area contributed by atoms with Gasteiger partial charge in [-0.1, -0.05) is 12.1 Å². The fourth-order valence-electron chi connectivity index (χ4n) is 2.24. The van der Waals surface area contributed by atoms with E-state index in [0.717, 1.165) is 11.3 Å². The van der Waals surface area contributed by atoms with Gasteiger partial charge in [0.25, 0.3) is 5.69 Å². The molecule has 0 bridgehead atoms. The van der Waals surface area contributed by atoms with Crippen LogP contribution in [0.5, 0.6) is 5.75 Å². The smallest absolute Gasteiger partial charge is 0.269 e. The van der Waals surface area contributed by atoms with E-state index in [2.05, 4.69) is 5.32 Å². The number of ether oxygens (including phenoxy) is 1. The number of nitrogens with one attached hydrogen (secondary N) is 1. The van der Waals surface area contributed by atoms with Gasteiger partial charge in [-0.05, 0) is 49.6 Å². The average molecular weight is 328 g/mol. The number of carbonyl (C=O) groups is 1. The Morgan fingerprint density at radius 3 is 2.67 bits per heavy atom. The summed E-state index contributed by atoms with van der Waals surface area (Å²) in [7, 11) is 0. The second-order valence-electron chi connectivity index (χ2n) is 5.57. The molecule has 1 amide bonds. The lowest BCUT2D eigenvalue weighted by Gasteiger charge is -2.09. The molecule has 2 rings (SSSR count). The summed E-state index contributed by atoms with van der Waals surface area (Å²) >= 11 is 0. The number of nitro benzene ring substituents is 1. The number of nitrogens with zero attached hydrogens (tertiary/aromatic N) is 1. The Balaban J connectivity index is 1.78. The van der Waals surface area contributed by atoms with Crippen molar-refractivity contribution in [1.82, 2.24) is 0 Å². The number of benzene rings is 2. The zero-order valence-electron chi connectivity index (χ0n) is 13.7. The Morgan fingerprint density at radius 1 is 1.21 bits per heavy atom. The van der Waals surface area contributed by atoms with E-state index in [0.29, 0.717) is 30.7 Å². The van der Waals surface area contributed by atoms with E-state index in [9.17, 15) is 14.9 Å². The molecule has 6 nitrogen and oxygen atoms in total. The van der Waals surface area contributed by atoms with E-state index >= 15 is 0 Å². The fraction of sp³-hybridized carbons (Fsp3) is 0.278. The molecule has 0 saturated heterocycles. The summed E-state index contributed by atoms with van der Waals surface area (Å²) in [6.07, 6.45) is 0.911. The first-order valence-corrected chi connectivity index (χ1v) is 7.70. The molecule has 0 unspecified atom stereocenters. The van der Waals surface area contributed by atoms with Crippen molar-refractivity contribution in [3.05, 3.63) is 63.7 Å². The first-order chi connectivity index (χ1) is 11.5. The molecule has 0 heterocycles. The van der Waals surface area contributed by atoms with Gasteiger partial charge < -0.3 is 10.1 Å². The summed E-state index contributed by atoms with van der Waals surface area (Å²) in [5, 5.41) is 13.5. The number of aryl methyl sites for hydroxylation is 2. The Morgan fingerprint density at radius 2 is 2.00 bits per heavy atom. The minimum atomic E-state index is -0.457. The molecule has 6 heteroatoms. The molecule has 0 aliphatic rings. The minimum Gasteiger partial charge on any atom is -0.494 e. The van der Waals surface area contributed by atoms with Crippen LogP contribution in [0, 0.1) is 24.0 Å². The third kappa shape index (κ3) is 5.08. The molecule has 0 aromatic heterocycles. The maximum Gasteiger partial charge on any atom is 0.269 e. The molecule has 0 saturated carbocycles. The third-order valence-electron chi connectivity index (χ3n) is 3.50. The summed E-state index contributed by atoms with van der Waals surface area (Å²) in [6, 6.07) is 12.1. The number of hydrogen-bond donors (Lipinski definition) is 1. The van der Waals surface area contributed by atoms with Gasteiger partial charge in [0.05, 0.1) is 11.5 Å². The lowest BCUT2D eigenvalue weighted by molar-refractivity contribution is -0.384.